The number of carbonyl (C=O) groups excluding carboxylic acids is 1. The van der Waals surface area contributed by atoms with Crippen molar-refractivity contribution in [3.05, 3.63) is 29.1 Å². The van der Waals surface area contributed by atoms with Gasteiger partial charge in [-0.1, -0.05) is 0 Å². The first-order valence-electron chi connectivity index (χ1n) is 6.36. The second kappa shape index (κ2) is 5.36. The van der Waals surface area contributed by atoms with Crippen molar-refractivity contribution < 1.29 is 22.3 Å². The number of hydrogen-bond acceptors (Lipinski definition) is 4. The summed E-state index contributed by atoms with van der Waals surface area (Å²) in [5.41, 5.74) is -0.782. The molecule has 116 valence electrons. The first-order valence-corrected chi connectivity index (χ1v) is 7.90. The molecule has 1 fully saturated rings. The maximum absolute atomic E-state index is 13.9. The second-order valence-corrected chi connectivity index (χ2v) is 6.99. The van der Waals surface area contributed by atoms with E-state index < -0.39 is 27.3 Å². The number of halogens is 1. The molecule has 0 aromatic heterocycles. The fourth-order valence-corrected chi connectivity index (χ4v) is 3.03. The van der Waals surface area contributed by atoms with Gasteiger partial charge in [0.05, 0.1) is 22.6 Å². The van der Waals surface area contributed by atoms with Gasteiger partial charge in [-0.05, 0) is 38.0 Å². The van der Waals surface area contributed by atoms with Gasteiger partial charge in [-0.2, -0.15) is 0 Å². The normalized spacial score (nSPS) is 22.3. The molecule has 21 heavy (non-hydrogen) atoms. The molecule has 0 bridgehead atoms. The highest BCUT2D eigenvalue weighted by Crippen LogP contribution is 2.22. The smallest absolute Gasteiger partial charge is 0.254 e. The predicted octanol–water partition coefficient (Wildman–Crippen LogP) is 0.690. The molecule has 0 saturated carbocycles. The lowest BCUT2D eigenvalue weighted by Gasteiger charge is -2.23. The van der Waals surface area contributed by atoms with Crippen LogP contribution in [0.1, 0.15) is 29.3 Å². The number of hydrogen-bond donors (Lipinski definition) is 2. The van der Waals surface area contributed by atoms with Crippen LogP contribution in [0.15, 0.2) is 17.0 Å². The molecule has 6 nitrogen and oxygen atoms in total. The van der Waals surface area contributed by atoms with Crippen LogP contribution >= 0.6 is 0 Å². The average Bonchev–Trinajstić information content (AvgIpc) is 2.73. The van der Waals surface area contributed by atoms with Gasteiger partial charge in [-0.25, -0.2) is 17.9 Å². The average molecular weight is 316 g/mol. The topological polar surface area (TPSA) is 98.5 Å². The van der Waals surface area contributed by atoms with Crippen molar-refractivity contribution in [3.8, 4) is 0 Å². The quantitative estimate of drug-likeness (QED) is 0.857. The van der Waals surface area contributed by atoms with E-state index in [1.165, 1.54) is 6.92 Å². The highest BCUT2D eigenvalue weighted by Gasteiger charge is 2.32. The van der Waals surface area contributed by atoms with Crippen molar-refractivity contribution >= 4 is 15.9 Å². The van der Waals surface area contributed by atoms with E-state index >= 15 is 0 Å². The zero-order valence-electron chi connectivity index (χ0n) is 11.8. The van der Waals surface area contributed by atoms with Crippen LogP contribution in [-0.2, 0) is 14.8 Å². The van der Waals surface area contributed by atoms with Gasteiger partial charge in [-0.3, -0.25) is 4.79 Å². The maximum atomic E-state index is 13.9. The minimum absolute atomic E-state index is 0.155. The van der Waals surface area contributed by atoms with Crippen molar-refractivity contribution in [1.29, 1.82) is 0 Å². The van der Waals surface area contributed by atoms with Crippen LogP contribution in [0.4, 0.5) is 4.39 Å². The van der Waals surface area contributed by atoms with Crippen molar-refractivity contribution in [3.63, 3.8) is 0 Å². The van der Waals surface area contributed by atoms with E-state index in [2.05, 4.69) is 5.32 Å². The van der Waals surface area contributed by atoms with Gasteiger partial charge in [0.1, 0.15) is 5.82 Å². The lowest BCUT2D eigenvalue weighted by molar-refractivity contribution is 0.0885. The van der Waals surface area contributed by atoms with Gasteiger partial charge in [0.15, 0.2) is 0 Å². The Hall–Kier alpha value is -1.51. The van der Waals surface area contributed by atoms with Crippen LogP contribution in [0.2, 0.25) is 0 Å². The molecule has 1 heterocycles. The molecule has 1 aliphatic heterocycles. The van der Waals surface area contributed by atoms with E-state index in [0.717, 1.165) is 12.1 Å². The number of primary sulfonamides is 1. The standard InChI is InChI=1S/C13H17FN2O4S/c1-8-5-10(14)9(6-11(8)21(15,18)19)12(17)16-13(2)3-4-20-7-13/h5-6H,3-4,7H2,1-2H3,(H,16,17)(H2,15,18,19). The number of benzene rings is 1. The van der Waals surface area contributed by atoms with Crippen LogP contribution in [0.25, 0.3) is 0 Å². The third kappa shape index (κ3) is 3.39. The first kappa shape index (κ1) is 15.9. The monoisotopic (exact) mass is 316 g/mol. The lowest BCUT2D eigenvalue weighted by atomic mass is 10.0. The number of rotatable bonds is 3. The molecule has 0 radical (unpaired) electrons. The Bertz CT molecular complexity index is 682. The molecule has 8 heteroatoms. The van der Waals surface area contributed by atoms with Crippen LogP contribution in [0.5, 0.6) is 0 Å². The molecule has 1 atom stereocenters. The molecular formula is C13H17FN2O4S. The number of ether oxygens (including phenoxy) is 1. The maximum Gasteiger partial charge on any atom is 0.254 e. The number of nitrogens with two attached hydrogens (primary N) is 1. The predicted molar refractivity (Wildman–Crippen MR) is 73.8 cm³/mol. The molecule has 1 unspecified atom stereocenters. The SMILES string of the molecule is Cc1cc(F)c(C(=O)NC2(C)CCOC2)cc1S(N)(=O)=O. The minimum Gasteiger partial charge on any atom is -0.379 e. The summed E-state index contributed by atoms with van der Waals surface area (Å²) in [6, 6.07) is 1.96. The summed E-state index contributed by atoms with van der Waals surface area (Å²) in [4.78, 5) is 11.9. The van der Waals surface area contributed by atoms with Gasteiger partial charge in [-0.15, -0.1) is 0 Å². The van der Waals surface area contributed by atoms with E-state index in [1.54, 1.807) is 6.92 Å². The summed E-state index contributed by atoms with van der Waals surface area (Å²) < 4.78 is 42.0. The summed E-state index contributed by atoms with van der Waals surface area (Å²) >= 11 is 0. The Labute approximate surface area is 122 Å². The summed E-state index contributed by atoms with van der Waals surface area (Å²) in [5.74, 6) is -1.48. The molecule has 0 spiro atoms. The number of amides is 1. The van der Waals surface area contributed by atoms with E-state index in [-0.39, 0.29) is 16.0 Å². The van der Waals surface area contributed by atoms with Crippen LogP contribution < -0.4 is 10.5 Å². The zero-order chi connectivity index (χ0) is 15.8. The molecule has 1 aromatic rings. The van der Waals surface area contributed by atoms with Crippen molar-refractivity contribution in [2.75, 3.05) is 13.2 Å². The summed E-state index contributed by atoms with van der Waals surface area (Å²) in [5, 5.41) is 7.74. The number of carbonyl (C=O) groups is 1. The van der Waals surface area contributed by atoms with Gasteiger partial charge in [0.25, 0.3) is 5.91 Å². The summed E-state index contributed by atoms with van der Waals surface area (Å²) in [6.07, 6.45) is 0.605. The Morgan fingerprint density at radius 1 is 1.48 bits per heavy atom. The molecule has 2 rings (SSSR count). The Kier molecular flexibility index (Phi) is 4.05. The van der Waals surface area contributed by atoms with Gasteiger partial charge < -0.3 is 10.1 Å². The van der Waals surface area contributed by atoms with Crippen molar-refractivity contribution in [1.82, 2.24) is 5.32 Å². The molecule has 1 amide bonds. The highest BCUT2D eigenvalue weighted by molar-refractivity contribution is 7.89. The van der Waals surface area contributed by atoms with E-state index in [4.69, 9.17) is 9.88 Å². The molecule has 1 aliphatic rings. The van der Waals surface area contributed by atoms with Crippen LogP contribution in [-0.4, -0.2) is 33.1 Å². The van der Waals surface area contributed by atoms with Gasteiger partial charge >= 0.3 is 0 Å². The number of nitrogens with one attached hydrogen (secondary N) is 1. The van der Waals surface area contributed by atoms with E-state index in [9.17, 15) is 17.6 Å². The number of aryl methyl sites for hydroxylation is 1. The van der Waals surface area contributed by atoms with Crippen molar-refractivity contribution in [2.24, 2.45) is 5.14 Å². The second-order valence-electron chi connectivity index (χ2n) is 5.46. The largest absolute Gasteiger partial charge is 0.379 e. The fourth-order valence-electron chi connectivity index (χ4n) is 2.24. The highest BCUT2D eigenvalue weighted by atomic mass is 32.2. The fraction of sp³-hybridized carbons (Fsp3) is 0.462. The lowest BCUT2D eigenvalue weighted by Crippen LogP contribution is -2.46. The van der Waals surface area contributed by atoms with E-state index in [0.29, 0.717) is 19.6 Å². The molecule has 0 aliphatic carbocycles. The Morgan fingerprint density at radius 2 is 2.14 bits per heavy atom. The van der Waals surface area contributed by atoms with Crippen LogP contribution in [0.3, 0.4) is 0 Å². The minimum atomic E-state index is -4.02. The third-order valence-electron chi connectivity index (χ3n) is 3.45. The summed E-state index contributed by atoms with van der Waals surface area (Å²) in [6.45, 7) is 4.03. The Morgan fingerprint density at radius 3 is 2.67 bits per heavy atom. The van der Waals surface area contributed by atoms with E-state index in [1.807, 2.05) is 0 Å². The van der Waals surface area contributed by atoms with Crippen molar-refractivity contribution in [2.45, 2.75) is 30.7 Å². The molecular weight excluding hydrogens is 299 g/mol. The molecule has 1 saturated heterocycles. The molecule has 1 aromatic carbocycles. The third-order valence-corrected chi connectivity index (χ3v) is 4.50. The van der Waals surface area contributed by atoms with Gasteiger partial charge in [0.2, 0.25) is 10.0 Å². The van der Waals surface area contributed by atoms with Gasteiger partial charge in [0, 0.05) is 6.61 Å². The molecule has 3 N–H and O–H groups in total. The van der Waals surface area contributed by atoms with Crippen LogP contribution in [0, 0.1) is 12.7 Å². The number of sulfonamides is 1. The zero-order valence-corrected chi connectivity index (χ0v) is 12.6. The Balaban J connectivity index is 2.37. The summed E-state index contributed by atoms with van der Waals surface area (Å²) in [7, 11) is -4.02. The first-order chi connectivity index (χ1) is 9.62.